The van der Waals surface area contributed by atoms with E-state index in [4.69, 9.17) is 5.11 Å². The second-order valence-electron chi connectivity index (χ2n) is 2.94. The molecule has 1 aromatic heterocycles. The Kier molecular flexibility index (Phi) is 2.92. The number of carbonyl (C=O) groups is 1. The summed E-state index contributed by atoms with van der Waals surface area (Å²) in [6.07, 6.45) is 2.80. The number of hydrogen-bond donors (Lipinski definition) is 1. The van der Waals surface area contributed by atoms with Crippen LogP contribution in [0.5, 0.6) is 0 Å². The third-order valence-electron chi connectivity index (χ3n) is 1.38. The second kappa shape index (κ2) is 3.95. The quantitative estimate of drug-likeness (QED) is 0.723. The molecule has 0 aliphatic carbocycles. The Balaban J connectivity index is 2.85. The molecule has 70 valence electrons. The lowest BCUT2D eigenvalue weighted by atomic mass is 10.4. The molecule has 0 spiro atoms. The lowest BCUT2D eigenvalue weighted by molar-refractivity contribution is 0.0689. The van der Waals surface area contributed by atoms with Gasteiger partial charge < -0.3 is 10.0 Å². The van der Waals surface area contributed by atoms with Crippen LogP contribution in [0.4, 0.5) is 0 Å². The zero-order valence-corrected chi connectivity index (χ0v) is 7.56. The van der Waals surface area contributed by atoms with Crippen LogP contribution in [0, 0.1) is 0 Å². The summed E-state index contributed by atoms with van der Waals surface area (Å²) in [5, 5.41) is 8.63. The van der Waals surface area contributed by atoms with Crippen molar-refractivity contribution < 1.29 is 9.90 Å². The van der Waals surface area contributed by atoms with Gasteiger partial charge in [0.25, 0.3) is 0 Å². The van der Waals surface area contributed by atoms with E-state index < -0.39 is 5.97 Å². The van der Waals surface area contributed by atoms with Gasteiger partial charge in [0.2, 0.25) is 0 Å². The summed E-state index contributed by atoms with van der Waals surface area (Å²) in [4.78, 5) is 20.1. The van der Waals surface area contributed by atoms with E-state index in [1.165, 1.54) is 6.20 Å². The number of hydrogen-bond acceptors (Lipinski definition) is 4. The van der Waals surface area contributed by atoms with Crippen LogP contribution in [-0.2, 0) is 6.54 Å². The molecule has 0 amide bonds. The van der Waals surface area contributed by atoms with Gasteiger partial charge >= 0.3 is 5.97 Å². The van der Waals surface area contributed by atoms with E-state index in [1.54, 1.807) is 6.20 Å². The fourth-order valence-corrected chi connectivity index (χ4v) is 0.910. The summed E-state index contributed by atoms with van der Waals surface area (Å²) in [7, 11) is 3.77. The molecule has 1 aromatic rings. The molecule has 0 aromatic carbocycles. The summed E-state index contributed by atoms with van der Waals surface area (Å²) in [6.45, 7) is 0.591. The number of carboxylic acid groups (broad SMARTS) is 1. The molecule has 5 heteroatoms. The number of carboxylic acids is 1. The molecule has 1 N–H and O–H groups in total. The highest BCUT2D eigenvalue weighted by Gasteiger charge is 2.06. The van der Waals surface area contributed by atoms with E-state index in [-0.39, 0.29) is 5.69 Å². The molecule has 0 aliphatic rings. The molecule has 1 rings (SSSR count). The molecule has 5 nitrogen and oxygen atoms in total. The van der Waals surface area contributed by atoms with Gasteiger partial charge in [0, 0.05) is 12.7 Å². The van der Waals surface area contributed by atoms with Crippen LogP contribution in [0.1, 0.15) is 16.2 Å². The van der Waals surface area contributed by atoms with Crippen molar-refractivity contribution in [3.63, 3.8) is 0 Å². The molecule has 1 heterocycles. The fraction of sp³-hybridized carbons (Fsp3) is 0.375. The average Bonchev–Trinajstić information content (AvgIpc) is 2.03. The largest absolute Gasteiger partial charge is 0.476 e. The molecule has 0 unspecified atom stereocenters. The summed E-state index contributed by atoms with van der Waals surface area (Å²) < 4.78 is 0. The van der Waals surface area contributed by atoms with Crippen LogP contribution >= 0.6 is 0 Å². The van der Waals surface area contributed by atoms with Gasteiger partial charge in [0.1, 0.15) is 0 Å². The normalized spacial score (nSPS) is 10.4. The van der Waals surface area contributed by atoms with E-state index in [9.17, 15) is 4.79 Å². The molecule has 0 atom stereocenters. The van der Waals surface area contributed by atoms with Crippen molar-refractivity contribution in [1.82, 2.24) is 14.9 Å². The fourth-order valence-electron chi connectivity index (χ4n) is 0.910. The van der Waals surface area contributed by atoms with Crippen molar-refractivity contribution in [2.24, 2.45) is 0 Å². The first-order valence-electron chi connectivity index (χ1n) is 3.78. The molecule has 0 radical (unpaired) electrons. The maximum absolute atomic E-state index is 10.5. The summed E-state index contributed by atoms with van der Waals surface area (Å²) in [6, 6.07) is 0. The summed E-state index contributed by atoms with van der Waals surface area (Å²) in [5.74, 6) is -1.05. The monoisotopic (exact) mass is 181 g/mol. The van der Waals surface area contributed by atoms with Gasteiger partial charge in [0.15, 0.2) is 5.69 Å². The Labute approximate surface area is 76.0 Å². The Morgan fingerprint density at radius 3 is 2.77 bits per heavy atom. The molecule has 0 saturated carbocycles. The van der Waals surface area contributed by atoms with E-state index >= 15 is 0 Å². The van der Waals surface area contributed by atoms with Crippen LogP contribution in [-0.4, -0.2) is 40.0 Å². The van der Waals surface area contributed by atoms with Crippen molar-refractivity contribution in [2.45, 2.75) is 6.54 Å². The van der Waals surface area contributed by atoms with Crippen molar-refractivity contribution in [1.29, 1.82) is 0 Å². The lowest BCUT2D eigenvalue weighted by Gasteiger charge is -2.07. The first-order valence-corrected chi connectivity index (χ1v) is 3.78. The van der Waals surface area contributed by atoms with Crippen molar-refractivity contribution in [3.8, 4) is 0 Å². The van der Waals surface area contributed by atoms with Crippen LogP contribution < -0.4 is 0 Å². The van der Waals surface area contributed by atoms with Gasteiger partial charge in [-0.3, -0.25) is 4.98 Å². The Bertz CT molecular complexity index is 312. The first kappa shape index (κ1) is 9.60. The van der Waals surface area contributed by atoms with E-state index in [2.05, 4.69) is 9.97 Å². The molecule has 0 aliphatic heterocycles. The van der Waals surface area contributed by atoms with Gasteiger partial charge in [-0.05, 0) is 14.1 Å². The van der Waals surface area contributed by atoms with Gasteiger partial charge in [-0.15, -0.1) is 0 Å². The Hall–Kier alpha value is -1.49. The maximum atomic E-state index is 10.5. The predicted octanol–water partition coefficient (Wildman–Crippen LogP) is 0.236. The molecule has 0 bridgehead atoms. The topological polar surface area (TPSA) is 66.3 Å². The third kappa shape index (κ3) is 2.79. The van der Waals surface area contributed by atoms with Gasteiger partial charge in [-0.2, -0.15) is 0 Å². The van der Waals surface area contributed by atoms with E-state index in [1.807, 2.05) is 19.0 Å². The number of rotatable bonds is 3. The van der Waals surface area contributed by atoms with Crippen LogP contribution in [0.15, 0.2) is 12.4 Å². The van der Waals surface area contributed by atoms with E-state index in [0.29, 0.717) is 12.2 Å². The van der Waals surface area contributed by atoms with Gasteiger partial charge in [0.05, 0.1) is 11.9 Å². The lowest BCUT2D eigenvalue weighted by Crippen LogP contribution is -2.13. The van der Waals surface area contributed by atoms with Crippen LogP contribution in [0.2, 0.25) is 0 Å². The standard InChI is InChI=1S/C8H11N3O2/c1-11(2)5-6-3-9-4-7(10-6)8(12)13/h3-4H,5H2,1-2H3,(H,12,13). The van der Waals surface area contributed by atoms with Gasteiger partial charge in [-0.1, -0.05) is 0 Å². The van der Waals surface area contributed by atoms with Crippen LogP contribution in [0.3, 0.4) is 0 Å². The first-order chi connectivity index (χ1) is 6.09. The molecular formula is C8H11N3O2. The van der Waals surface area contributed by atoms with E-state index in [0.717, 1.165) is 0 Å². The highest BCUT2D eigenvalue weighted by atomic mass is 16.4. The minimum Gasteiger partial charge on any atom is -0.476 e. The molecule has 13 heavy (non-hydrogen) atoms. The second-order valence-corrected chi connectivity index (χ2v) is 2.94. The van der Waals surface area contributed by atoms with Gasteiger partial charge in [-0.25, -0.2) is 9.78 Å². The zero-order valence-electron chi connectivity index (χ0n) is 7.56. The summed E-state index contributed by atoms with van der Waals surface area (Å²) in [5.41, 5.74) is 0.643. The summed E-state index contributed by atoms with van der Waals surface area (Å²) >= 11 is 0. The number of aromatic carboxylic acids is 1. The van der Waals surface area contributed by atoms with Crippen molar-refractivity contribution in [3.05, 3.63) is 23.8 Å². The highest BCUT2D eigenvalue weighted by molar-refractivity contribution is 5.84. The Morgan fingerprint density at radius 2 is 2.23 bits per heavy atom. The zero-order chi connectivity index (χ0) is 9.84. The minimum atomic E-state index is -1.05. The highest BCUT2D eigenvalue weighted by Crippen LogP contribution is 1.98. The maximum Gasteiger partial charge on any atom is 0.356 e. The SMILES string of the molecule is CN(C)Cc1cncc(C(=O)O)n1. The van der Waals surface area contributed by atoms with Crippen molar-refractivity contribution >= 4 is 5.97 Å². The smallest absolute Gasteiger partial charge is 0.356 e. The number of nitrogens with zero attached hydrogens (tertiary/aromatic N) is 3. The number of aromatic nitrogens is 2. The van der Waals surface area contributed by atoms with Crippen molar-refractivity contribution in [2.75, 3.05) is 14.1 Å². The van der Waals surface area contributed by atoms with Crippen LogP contribution in [0.25, 0.3) is 0 Å². The minimum absolute atomic E-state index is 0.0145. The Morgan fingerprint density at radius 1 is 1.54 bits per heavy atom. The molecule has 0 saturated heterocycles. The average molecular weight is 181 g/mol. The predicted molar refractivity (Wildman–Crippen MR) is 46.4 cm³/mol. The third-order valence-corrected chi connectivity index (χ3v) is 1.38. The molecular weight excluding hydrogens is 170 g/mol. The molecule has 0 fully saturated rings.